The van der Waals surface area contributed by atoms with E-state index in [9.17, 15) is 0 Å². The Labute approximate surface area is 101 Å². The van der Waals surface area contributed by atoms with Gasteiger partial charge < -0.3 is 4.74 Å². The third-order valence-corrected chi connectivity index (χ3v) is 3.25. The molecule has 0 heterocycles. The Morgan fingerprint density at radius 1 is 1.33 bits per heavy atom. The molecule has 0 radical (unpaired) electrons. The van der Waals surface area contributed by atoms with Gasteiger partial charge in [-0.2, -0.15) is 0 Å². The minimum atomic E-state index is -0.238. The molecule has 0 spiro atoms. The van der Waals surface area contributed by atoms with Crippen molar-refractivity contribution in [3.63, 3.8) is 0 Å². The number of alkyl halides is 1. The third-order valence-electron chi connectivity index (χ3n) is 2.22. The number of halogens is 2. The molecule has 1 rings (SSSR count). The third kappa shape index (κ3) is 2.77. The number of rotatable bonds is 3. The molecule has 0 aliphatic rings. The summed E-state index contributed by atoms with van der Waals surface area (Å²) < 4.78 is 5.28. The molecule has 15 heavy (non-hydrogen) atoms. The van der Waals surface area contributed by atoms with Gasteiger partial charge in [0, 0.05) is 10.6 Å². The Morgan fingerprint density at radius 2 is 1.93 bits per heavy atom. The van der Waals surface area contributed by atoms with E-state index in [1.807, 2.05) is 38.1 Å². The maximum Gasteiger partial charge on any atom is 0.125 e. The van der Waals surface area contributed by atoms with Crippen LogP contribution in [0.2, 0.25) is 5.02 Å². The molecule has 0 fully saturated rings. The predicted octanol–water partition coefficient (Wildman–Crippen LogP) is 3.46. The van der Waals surface area contributed by atoms with Gasteiger partial charge in [-0.05, 0) is 38.7 Å². The van der Waals surface area contributed by atoms with E-state index in [2.05, 4.69) is 0 Å². The summed E-state index contributed by atoms with van der Waals surface area (Å²) in [5.41, 5.74) is 1.64. The highest BCUT2D eigenvalue weighted by Crippen LogP contribution is 2.34. The molecule has 1 unspecified atom stereocenters. The van der Waals surface area contributed by atoms with E-state index in [0.717, 1.165) is 16.9 Å². The first-order valence-electron chi connectivity index (χ1n) is 4.62. The van der Waals surface area contributed by atoms with Crippen molar-refractivity contribution >= 4 is 23.2 Å². The number of hydrogen-bond acceptors (Lipinski definition) is 2. The summed E-state index contributed by atoms with van der Waals surface area (Å²) in [7, 11) is 5.45. The number of benzene rings is 1. The van der Waals surface area contributed by atoms with Crippen molar-refractivity contribution in [2.45, 2.75) is 12.4 Å². The van der Waals surface area contributed by atoms with Crippen LogP contribution in [0.4, 0.5) is 0 Å². The Kier molecular flexibility index (Phi) is 4.26. The van der Waals surface area contributed by atoms with E-state index in [1.54, 1.807) is 7.11 Å². The number of hydrogen-bond donors (Lipinski definition) is 0. The summed E-state index contributed by atoms with van der Waals surface area (Å²) in [6.07, 6.45) is 0. The molecule has 1 aromatic rings. The zero-order valence-electron chi connectivity index (χ0n) is 9.34. The fourth-order valence-electron chi connectivity index (χ4n) is 1.31. The minimum absolute atomic E-state index is 0.238. The molecule has 0 N–H and O–H groups in total. The minimum Gasteiger partial charge on any atom is -0.496 e. The van der Waals surface area contributed by atoms with Crippen molar-refractivity contribution in [1.82, 2.24) is 4.90 Å². The topological polar surface area (TPSA) is 12.5 Å². The molecule has 0 aliphatic heterocycles. The highest BCUT2D eigenvalue weighted by Gasteiger charge is 2.16. The van der Waals surface area contributed by atoms with Crippen LogP contribution >= 0.6 is 23.2 Å². The van der Waals surface area contributed by atoms with Gasteiger partial charge >= 0.3 is 0 Å². The van der Waals surface area contributed by atoms with Crippen molar-refractivity contribution < 1.29 is 4.74 Å². The summed E-state index contributed by atoms with van der Waals surface area (Å²) in [6.45, 7) is 1.94. The van der Waals surface area contributed by atoms with Crippen molar-refractivity contribution in [2.24, 2.45) is 0 Å². The molecule has 84 valence electrons. The molecule has 1 aromatic carbocycles. The largest absolute Gasteiger partial charge is 0.496 e. The molecular formula is C11H15Cl2NO. The van der Waals surface area contributed by atoms with Gasteiger partial charge in [0.15, 0.2) is 0 Å². The average Bonchev–Trinajstić information content (AvgIpc) is 2.20. The molecule has 0 aliphatic carbocycles. The quantitative estimate of drug-likeness (QED) is 0.600. The van der Waals surface area contributed by atoms with Crippen LogP contribution < -0.4 is 4.74 Å². The van der Waals surface area contributed by atoms with Crippen LogP contribution in [-0.4, -0.2) is 26.1 Å². The van der Waals surface area contributed by atoms with E-state index < -0.39 is 0 Å². The van der Waals surface area contributed by atoms with Crippen molar-refractivity contribution in [2.75, 3.05) is 21.2 Å². The number of aryl methyl sites for hydroxylation is 1. The van der Waals surface area contributed by atoms with Crippen LogP contribution in [0.15, 0.2) is 12.1 Å². The van der Waals surface area contributed by atoms with Crippen molar-refractivity contribution in [3.8, 4) is 5.75 Å². The second-order valence-electron chi connectivity index (χ2n) is 3.64. The first kappa shape index (κ1) is 12.6. The zero-order chi connectivity index (χ0) is 11.6. The molecule has 2 nitrogen and oxygen atoms in total. The fourth-order valence-corrected chi connectivity index (χ4v) is 1.65. The van der Waals surface area contributed by atoms with Crippen LogP contribution in [-0.2, 0) is 0 Å². The summed E-state index contributed by atoms with van der Waals surface area (Å²) in [4.78, 5) is 1.89. The molecule has 4 heteroatoms. The smallest absolute Gasteiger partial charge is 0.125 e. The van der Waals surface area contributed by atoms with Gasteiger partial charge in [0.05, 0.1) is 7.11 Å². The fraction of sp³-hybridized carbons (Fsp3) is 0.455. The Hall–Kier alpha value is -0.440. The van der Waals surface area contributed by atoms with Crippen molar-refractivity contribution in [1.29, 1.82) is 0 Å². The van der Waals surface area contributed by atoms with E-state index in [-0.39, 0.29) is 5.50 Å². The molecule has 0 saturated carbocycles. The van der Waals surface area contributed by atoms with Crippen LogP contribution in [0.25, 0.3) is 0 Å². The summed E-state index contributed by atoms with van der Waals surface area (Å²) in [6, 6.07) is 3.75. The maximum absolute atomic E-state index is 6.24. The van der Waals surface area contributed by atoms with Gasteiger partial charge in [-0.3, -0.25) is 4.90 Å². The highest BCUT2D eigenvalue weighted by molar-refractivity contribution is 6.31. The Morgan fingerprint density at radius 3 is 2.40 bits per heavy atom. The van der Waals surface area contributed by atoms with E-state index >= 15 is 0 Å². The lowest BCUT2D eigenvalue weighted by Crippen LogP contribution is -2.15. The predicted molar refractivity (Wildman–Crippen MR) is 65.0 cm³/mol. The molecule has 1 atom stereocenters. The first-order chi connectivity index (χ1) is 6.97. The lowest BCUT2D eigenvalue weighted by atomic mass is 10.1. The van der Waals surface area contributed by atoms with Gasteiger partial charge in [0.2, 0.25) is 0 Å². The maximum atomic E-state index is 6.24. The van der Waals surface area contributed by atoms with Gasteiger partial charge in [-0.25, -0.2) is 0 Å². The molecular weight excluding hydrogens is 233 g/mol. The number of ether oxygens (including phenoxy) is 1. The number of methoxy groups -OCH3 is 1. The standard InChI is InChI=1S/C11H15Cl2NO/c1-7-5-10(15-4)8(6-9(7)12)11(13)14(2)3/h5-6,11H,1-4H3. The second kappa shape index (κ2) is 5.06. The van der Waals surface area contributed by atoms with E-state index in [1.165, 1.54) is 0 Å². The van der Waals surface area contributed by atoms with E-state index in [0.29, 0.717) is 5.02 Å². The van der Waals surface area contributed by atoms with Crippen LogP contribution in [0.5, 0.6) is 5.75 Å². The van der Waals surface area contributed by atoms with Gasteiger partial charge in [-0.1, -0.05) is 11.6 Å². The Balaban J connectivity index is 3.21. The Bertz CT molecular complexity index is 353. The highest BCUT2D eigenvalue weighted by atomic mass is 35.5. The lowest BCUT2D eigenvalue weighted by Gasteiger charge is -2.21. The van der Waals surface area contributed by atoms with Crippen molar-refractivity contribution in [3.05, 3.63) is 28.3 Å². The van der Waals surface area contributed by atoms with Crippen LogP contribution in [0.1, 0.15) is 16.6 Å². The molecule has 0 amide bonds. The van der Waals surface area contributed by atoms with Gasteiger partial charge in [0.25, 0.3) is 0 Å². The van der Waals surface area contributed by atoms with Crippen LogP contribution in [0.3, 0.4) is 0 Å². The molecule has 0 aromatic heterocycles. The monoisotopic (exact) mass is 247 g/mol. The zero-order valence-corrected chi connectivity index (χ0v) is 10.9. The number of nitrogens with zero attached hydrogens (tertiary/aromatic N) is 1. The van der Waals surface area contributed by atoms with E-state index in [4.69, 9.17) is 27.9 Å². The lowest BCUT2D eigenvalue weighted by molar-refractivity contribution is 0.360. The van der Waals surface area contributed by atoms with Crippen LogP contribution in [0, 0.1) is 6.92 Å². The summed E-state index contributed by atoms with van der Waals surface area (Å²) in [5, 5.41) is 0.707. The summed E-state index contributed by atoms with van der Waals surface area (Å²) in [5.74, 6) is 0.769. The second-order valence-corrected chi connectivity index (χ2v) is 4.46. The van der Waals surface area contributed by atoms with Gasteiger partial charge in [0.1, 0.15) is 11.3 Å². The normalized spacial score (nSPS) is 13.0. The average molecular weight is 248 g/mol. The summed E-state index contributed by atoms with van der Waals surface area (Å²) >= 11 is 12.3. The molecule has 0 bridgehead atoms. The molecule has 0 saturated heterocycles. The van der Waals surface area contributed by atoms with Gasteiger partial charge in [-0.15, -0.1) is 11.6 Å². The first-order valence-corrected chi connectivity index (χ1v) is 5.43. The SMILES string of the molecule is COc1cc(C)c(Cl)cc1C(Cl)N(C)C.